The average Bonchev–Trinajstić information content (AvgIpc) is 3.21. The summed E-state index contributed by atoms with van der Waals surface area (Å²) in [6, 6.07) is -1.05. The molecule has 0 unspecified atom stereocenters. The lowest BCUT2D eigenvalue weighted by Crippen LogP contribution is -2.61. The summed E-state index contributed by atoms with van der Waals surface area (Å²) in [6.07, 6.45) is 8.05. The first-order valence-electron chi connectivity index (χ1n) is 22.2. The fourth-order valence-corrected chi connectivity index (χ4v) is 7.81. The first kappa shape index (κ1) is 54.4. The Morgan fingerprint density at radius 3 is 1.78 bits per heavy atom. The largest absolute Gasteiger partial charge is 0.462 e. The Bertz CT molecular complexity index is 1570. The zero-order valence-electron chi connectivity index (χ0n) is 37.2. The number of esters is 1. The summed E-state index contributed by atoms with van der Waals surface area (Å²) in [5.41, 5.74) is 6.05. The highest BCUT2D eigenvalue weighted by Crippen LogP contribution is 2.37. The zero-order valence-corrected chi connectivity index (χ0v) is 37.2. The first-order valence-corrected chi connectivity index (χ1v) is 22.2. The molecule has 3 aliphatic heterocycles. The van der Waals surface area contributed by atoms with Crippen LogP contribution in [0.25, 0.3) is 0 Å². The molecule has 0 aliphatic carbocycles. The summed E-state index contributed by atoms with van der Waals surface area (Å²) in [5.74, 6) is -3.96. The third-order valence-corrected chi connectivity index (χ3v) is 12.1. The lowest BCUT2D eigenvalue weighted by molar-refractivity contribution is -0.309. The number of hydrogen-bond acceptors (Lipinski definition) is 16. The van der Waals surface area contributed by atoms with Crippen LogP contribution in [0, 0.1) is 17.8 Å². The van der Waals surface area contributed by atoms with Gasteiger partial charge in [0.25, 0.3) is 0 Å². The Labute approximate surface area is 372 Å². The van der Waals surface area contributed by atoms with Crippen molar-refractivity contribution in [1.82, 2.24) is 0 Å². The van der Waals surface area contributed by atoms with E-state index < -0.39 is 128 Å². The molecule has 16 nitrogen and oxygen atoms in total. The number of rotatable bonds is 2. The standard InChI is InChI=1S/C47H75NO15/c1-28-18-16-14-12-10-8-6-7-9-11-13-15-17-19-36(62-46-45(58)42(48)44(57)32(5)61-46)25-40-30(3)39(54)27-47(59,63-40)26-35(51)23-38(53)37(52)21-20-33(49)22-34(50)24-41(55)60-31(4)29(2)43(28)56/h6-19,28-40,42-46,49-54,56-59H,20-27,48H2,1-5H3/b7-6+,10-8+,11-9+,14-12+,15-13+,18-16+,19-17+/t28-,29-,30+,31-,32+,33+,34+,35-,36-,37+,38+,39-,40-,42-,43+,44+,45-,46-,47+/m0/s1. The molecular formula is C47H75NO15. The molecule has 63 heavy (non-hydrogen) atoms. The maximum Gasteiger partial charge on any atom is 0.308 e. The van der Waals surface area contributed by atoms with E-state index in [4.69, 9.17) is 24.7 Å². The van der Waals surface area contributed by atoms with Gasteiger partial charge in [-0.25, -0.2) is 0 Å². The number of aliphatic hydroxyl groups is 10. The van der Waals surface area contributed by atoms with Gasteiger partial charge in [-0.2, -0.15) is 0 Å². The van der Waals surface area contributed by atoms with Crippen molar-refractivity contribution in [3.63, 3.8) is 0 Å². The van der Waals surface area contributed by atoms with Gasteiger partial charge in [0, 0.05) is 43.4 Å². The van der Waals surface area contributed by atoms with Crippen molar-refractivity contribution >= 4 is 5.97 Å². The topological polar surface area (TPSA) is 282 Å². The fourth-order valence-electron chi connectivity index (χ4n) is 7.81. The molecular weight excluding hydrogens is 819 g/mol. The molecule has 3 heterocycles. The van der Waals surface area contributed by atoms with Crippen LogP contribution in [0.2, 0.25) is 0 Å². The first-order chi connectivity index (χ1) is 29.7. The van der Waals surface area contributed by atoms with Gasteiger partial charge < -0.3 is 75.7 Å². The second-order valence-corrected chi connectivity index (χ2v) is 17.6. The minimum atomic E-state index is -2.05. The minimum Gasteiger partial charge on any atom is -0.462 e. The second-order valence-electron chi connectivity index (χ2n) is 17.6. The third-order valence-electron chi connectivity index (χ3n) is 12.1. The van der Waals surface area contributed by atoms with Gasteiger partial charge in [-0.15, -0.1) is 0 Å². The Morgan fingerprint density at radius 1 is 0.603 bits per heavy atom. The molecule has 0 spiro atoms. The SMILES string of the molecule is C[C@@H]1[C@H](O)[C@@H](C)/C=C/C=C/C=C/C=C/C=C/C=C/C=C/[C@H](O[C@@H]2O[C@H](C)[C@@H](O)[C@H](N)[C@@H]2O)C[C@@H]2O[C@](O)(C[C@@H](O)C[C@@H](O)[C@H](O)CC[C@@H](O)C[C@@H](O)CC(=O)O[C@H]1C)C[C@H](O)[C@H]2C. The Hall–Kier alpha value is -2.91. The van der Waals surface area contributed by atoms with Gasteiger partial charge in [0.15, 0.2) is 12.1 Å². The number of carbonyl (C=O) groups excluding carboxylic acids is 1. The highest BCUT2D eigenvalue weighted by Gasteiger charge is 2.47. The number of fused-ring (bicyclic) bond motifs is 2. The minimum absolute atomic E-state index is 0.0493. The molecule has 0 saturated carbocycles. The maximum absolute atomic E-state index is 12.6. The maximum atomic E-state index is 12.6. The average molecular weight is 894 g/mol. The summed E-state index contributed by atoms with van der Waals surface area (Å²) < 4.78 is 23.6. The predicted octanol–water partition coefficient (Wildman–Crippen LogP) is 1.65. The van der Waals surface area contributed by atoms with Gasteiger partial charge in [-0.05, 0) is 33.1 Å². The van der Waals surface area contributed by atoms with Crippen LogP contribution in [0.5, 0.6) is 0 Å². The van der Waals surface area contributed by atoms with E-state index in [0.29, 0.717) is 0 Å². The van der Waals surface area contributed by atoms with Crippen molar-refractivity contribution < 1.29 is 74.8 Å². The van der Waals surface area contributed by atoms with Crippen LogP contribution in [0.3, 0.4) is 0 Å². The summed E-state index contributed by atoms with van der Waals surface area (Å²) in [6.45, 7) is 8.60. The van der Waals surface area contributed by atoms with Gasteiger partial charge >= 0.3 is 5.97 Å². The predicted molar refractivity (Wildman–Crippen MR) is 235 cm³/mol. The molecule has 2 bridgehead atoms. The van der Waals surface area contributed by atoms with E-state index in [1.165, 1.54) is 0 Å². The number of hydrogen-bond donors (Lipinski definition) is 11. The number of aliphatic hydroxyl groups excluding tert-OH is 9. The molecule has 2 saturated heterocycles. The Kier molecular flexibility index (Phi) is 23.2. The summed E-state index contributed by atoms with van der Waals surface area (Å²) >= 11 is 0. The van der Waals surface area contributed by atoms with E-state index in [1.54, 1.807) is 58.1 Å². The van der Waals surface area contributed by atoms with E-state index >= 15 is 0 Å². The van der Waals surface area contributed by atoms with Gasteiger partial charge in [0.1, 0.15) is 12.2 Å². The molecule has 3 aliphatic rings. The van der Waals surface area contributed by atoms with Gasteiger partial charge in [-0.1, -0.05) is 106 Å². The molecule has 0 aromatic heterocycles. The quantitative estimate of drug-likeness (QED) is 0.176. The van der Waals surface area contributed by atoms with E-state index in [0.717, 1.165) is 0 Å². The van der Waals surface area contributed by atoms with Crippen LogP contribution in [0.15, 0.2) is 85.1 Å². The smallest absolute Gasteiger partial charge is 0.308 e. The highest BCUT2D eigenvalue weighted by molar-refractivity contribution is 5.70. The zero-order chi connectivity index (χ0) is 46.9. The van der Waals surface area contributed by atoms with E-state index in [-0.39, 0.29) is 44.4 Å². The molecule has 0 aromatic carbocycles. The molecule has 2 fully saturated rings. The number of nitrogens with two attached hydrogens (primary N) is 1. The fraction of sp³-hybridized carbons (Fsp3) is 0.681. The molecule has 358 valence electrons. The Morgan fingerprint density at radius 2 is 1.17 bits per heavy atom. The van der Waals surface area contributed by atoms with E-state index in [9.17, 15) is 55.9 Å². The number of allylic oxidation sites excluding steroid dienone is 12. The van der Waals surface area contributed by atoms with Crippen molar-refractivity contribution in [1.29, 1.82) is 0 Å². The van der Waals surface area contributed by atoms with Crippen LogP contribution in [-0.2, 0) is 23.7 Å². The van der Waals surface area contributed by atoms with Crippen LogP contribution in [-0.4, -0.2) is 155 Å². The Balaban J connectivity index is 1.81. The van der Waals surface area contributed by atoms with Crippen molar-refractivity contribution in [2.75, 3.05) is 0 Å². The molecule has 0 radical (unpaired) electrons. The number of cyclic esters (lactones) is 1. The van der Waals surface area contributed by atoms with Crippen molar-refractivity contribution in [2.24, 2.45) is 23.5 Å². The van der Waals surface area contributed by atoms with E-state index in [2.05, 4.69) is 0 Å². The summed E-state index contributed by atoms with van der Waals surface area (Å²) in [7, 11) is 0. The molecule has 16 heteroatoms. The molecule has 0 aromatic rings. The van der Waals surface area contributed by atoms with Crippen molar-refractivity contribution in [3.05, 3.63) is 85.1 Å². The van der Waals surface area contributed by atoms with Gasteiger partial charge in [0.2, 0.25) is 0 Å². The van der Waals surface area contributed by atoms with Crippen molar-refractivity contribution in [3.8, 4) is 0 Å². The molecule has 0 amide bonds. The van der Waals surface area contributed by atoms with Gasteiger partial charge in [-0.3, -0.25) is 4.79 Å². The number of carbonyl (C=O) groups is 1. The van der Waals surface area contributed by atoms with Crippen LogP contribution >= 0.6 is 0 Å². The van der Waals surface area contributed by atoms with Crippen LogP contribution < -0.4 is 5.73 Å². The summed E-state index contributed by atoms with van der Waals surface area (Å²) in [4.78, 5) is 12.6. The molecule has 19 atom stereocenters. The monoisotopic (exact) mass is 894 g/mol. The van der Waals surface area contributed by atoms with Crippen LogP contribution in [0.4, 0.5) is 0 Å². The van der Waals surface area contributed by atoms with E-state index in [1.807, 2.05) is 61.6 Å². The lowest BCUT2D eigenvalue weighted by atomic mass is 9.84. The second kappa shape index (κ2) is 26.9. The lowest BCUT2D eigenvalue weighted by Gasteiger charge is -2.45. The third kappa shape index (κ3) is 18.5. The summed E-state index contributed by atoms with van der Waals surface area (Å²) in [5, 5.41) is 108. The molecule has 3 rings (SSSR count). The normalized spacial score (nSPS) is 46.6. The van der Waals surface area contributed by atoms with Crippen LogP contribution in [0.1, 0.15) is 86.0 Å². The molecule has 12 N–H and O–H groups in total. The number of ether oxygens (including phenoxy) is 4. The van der Waals surface area contributed by atoms with Crippen molar-refractivity contribution in [2.45, 2.75) is 183 Å². The highest BCUT2D eigenvalue weighted by atomic mass is 16.7. The van der Waals surface area contributed by atoms with Gasteiger partial charge in [0.05, 0.1) is 79.6 Å².